The third-order valence-electron chi connectivity index (χ3n) is 4.91. The summed E-state index contributed by atoms with van der Waals surface area (Å²) in [7, 11) is 0. The molecule has 0 bridgehead atoms. The summed E-state index contributed by atoms with van der Waals surface area (Å²) in [6, 6.07) is 10.4. The monoisotopic (exact) mass is 392 g/mol. The van der Waals surface area contributed by atoms with E-state index in [-0.39, 0.29) is 5.92 Å². The van der Waals surface area contributed by atoms with Crippen molar-refractivity contribution in [2.75, 3.05) is 12.1 Å². The first-order valence-corrected chi connectivity index (χ1v) is 10.1. The Morgan fingerprint density at radius 1 is 1.25 bits per heavy atom. The van der Waals surface area contributed by atoms with Crippen molar-refractivity contribution in [1.82, 2.24) is 14.4 Å². The second kappa shape index (κ2) is 7.16. The zero-order valence-corrected chi connectivity index (χ0v) is 16.3. The van der Waals surface area contributed by atoms with E-state index in [1.54, 1.807) is 23.7 Å². The topological polar surface area (TPSA) is 60.7 Å². The maximum atomic E-state index is 5.52. The summed E-state index contributed by atoms with van der Waals surface area (Å²) in [6.07, 6.45) is 6.40. The summed E-state index contributed by atoms with van der Waals surface area (Å²) in [5.41, 5.74) is 3.10. The number of imidazole rings is 1. The Hall–Kier alpha value is -3.06. The first kappa shape index (κ1) is 17.1. The molecular formula is C21H20N4O2S. The Bertz CT molecular complexity index is 1110. The van der Waals surface area contributed by atoms with Crippen LogP contribution in [0.1, 0.15) is 29.0 Å². The lowest BCUT2D eigenvalue weighted by atomic mass is 9.97. The molecule has 4 aromatic rings. The standard InChI is InChI=1S/C21H20N4O2S/c1-14(9-15-4-5-17-18(10-15)27-13-26-17)20-21(23-11-16-3-2-8-28-16)25-7-6-22-12-19(25)24-20/h2-8,10,12,14,23H,9,11,13H2,1H3. The highest BCUT2D eigenvalue weighted by atomic mass is 32.1. The third kappa shape index (κ3) is 3.18. The Morgan fingerprint density at radius 2 is 2.18 bits per heavy atom. The molecule has 3 aromatic heterocycles. The number of benzene rings is 1. The number of hydrogen-bond acceptors (Lipinski definition) is 6. The normalized spacial score (nSPS) is 13.8. The van der Waals surface area contributed by atoms with Crippen LogP contribution < -0.4 is 14.8 Å². The number of hydrogen-bond donors (Lipinski definition) is 1. The van der Waals surface area contributed by atoms with Crippen LogP contribution in [-0.2, 0) is 13.0 Å². The molecule has 1 aliphatic heterocycles. The van der Waals surface area contributed by atoms with Crippen molar-refractivity contribution in [3.8, 4) is 11.5 Å². The molecule has 0 fully saturated rings. The average molecular weight is 392 g/mol. The van der Waals surface area contributed by atoms with Crippen LogP contribution in [0.2, 0.25) is 0 Å². The molecule has 6 nitrogen and oxygen atoms in total. The minimum atomic E-state index is 0.228. The zero-order chi connectivity index (χ0) is 18.9. The van der Waals surface area contributed by atoms with E-state index in [0.717, 1.165) is 41.6 Å². The summed E-state index contributed by atoms with van der Waals surface area (Å²) >= 11 is 1.75. The van der Waals surface area contributed by atoms with Gasteiger partial charge in [-0.3, -0.25) is 9.38 Å². The van der Waals surface area contributed by atoms with Gasteiger partial charge in [-0.1, -0.05) is 19.1 Å². The van der Waals surface area contributed by atoms with Gasteiger partial charge < -0.3 is 14.8 Å². The molecule has 1 unspecified atom stereocenters. The number of thiophene rings is 1. The summed E-state index contributed by atoms with van der Waals surface area (Å²) in [6.45, 7) is 3.28. The molecular weight excluding hydrogens is 372 g/mol. The Kier molecular flexibility index (Phi) is 4.37. The van der Waals surface area contributed by atoms with E-state index in [9.17, 15) is 0 Å². The van der Waals surface area contributed by atoms with Gasteiger partial charge in [0.25, 0.3) is 0 Å². The smallest absolute Gasteiger partial charge is 0.231 e. The van der Waals surface area contributed by atoms with E-state index in [1.165, 1.54) is 10.4 Å². The lowest BCUT2D eigenvalue weighted by Gasteiger charge is -2.13. The molecule has 1 aromatic carbocycles. The van der Waals surface area contributed by atoms with Crippen LogP contribution in [-0.4, -0.2) is 21.2 Å². The van der Waals surface area contributed by atoms with Gasteiger partial charge in [0.1, 0.15) is 5.82 Å². The van der Waals surface area contributed by atoms with Crippen LogP contribution >= 0.6 is 11.3 Å². The molecule has 0 saturated heterocycles. The van der Waals surface area contributed by atoms with Gasteiger partial charge in [-0.15, -0.1) is 11.3 Å². The molecule has 1 aliphatic rings. The summed E-state index contributed by atoms with van der Waals surface area (Å²) < 4.78 is 13.0. The van der Waals surface area contributed by atoms with Gasteiger partial charge in [-0.05, 0) is 35.6 Å². The summed E-state index contributed by atoms with van der Waals surface area (Å²) in [4.78, 5) is 10.4. The number of anilines is 1. The van der Waals surface area contributed by atoms with Crippen LogP contribution in [0, 0.1) is 0 Å². The molecule has 0 aliphatic carbocycles. The zero-order valence-electron chi connectivity index (χ0n) is 15.5. The number of nitrogens with one attached hydrogen (secondary N) is 1. The molecule has 4 heterocycles. The Morgan fingerprint density at radius 3 is 3.07 bits per heavy atom. The SMILES string of the molecule is CC(Cc1ccc2c(c1)OCO2)c1nc2cnccn2c1NCc1cccs1. The van der Waals surface area contributed by atoms with Crippen LogP contribution in [0.15, 0.2) is 54.3 Å². The number of rotatable bonds is 6. The molecule has 0 saturated carbocycles. The van der Waals surface area contributed by atoms with Crippen molar-refractivity contribution in [3.05, 3.63) is 70.4 Å². The first-order chi connectivity index (χ1) is 13.8. The lowest BCUT2D eigenvalue weighted by Crippen LogP contribution is -2.07. The van der Waals surface area contributed by atoms with E-state index >= 15 is 0 Å². The maximum absolute atomic E-state index is 5.52. The number of ether oxygens (including phenoxy) is 2. The quantitative estimate of drug-likeness (QED) is 0.524. The number of fused-ring (bicyclic) bond motifs is 2. The van der Waals surface area contributed by atoms with E-state index in [2.05, 4.69) is 51.3 Å². The van der Waals surface area contributed by atoms with E-state index < -0.39 is 0 Å². The van der Waals surface area contributed by atoms with Gasteiger partial charge in [0.2, 0.25) is 6.79 Å². The van der Waals surface area contributed by atoms with E-state index in [0.29, 0.717) is 6.79 Å². The predicted octanol–water partition coefficient (Wildman–Crippen LogP) is 4.48. The highest BCUT2D eigenvalue weighted by Gasteiger charge is 2.20. The van der Waals surface area contributed by atoms with Gasteiger partial charge in [-0.25, -0.2) is 4.98 Å². The fraction of sp³-hybridized carbons (Fsp3) is 0.238. The van der Waals surface area contributed by atoms with Crippen molar-refractivity contribution < 1.29 is 9.47 Å². The largest absolute Gasteiger partial charge is 0.454 e. The van der Waals surface area contributed by atoms with Crippen LogP contribution in [0.5, 0.6) is 11.5 Å². The van der Waals surface area contributed by atoms with Crippen LogP contribution in [0.3, 0.4) is 0 Å². The molecule has 28 heavy (non-hydrogen) atoms. The van der Waals surface area contributed by atoms with Crippen molar-refractivity contribution in [2.45, 2.75) is 25.8 Å². The van der Waals surface area contributed by atoms with Gasteiger partial charge >= 0.3 is 0 Å². The molecule has 1 N–H and O–H groups in total. The van der Waals surface area contributed by atoms with Crippen molar-refractivity contribution in [2.24, 2.45) is 0 Å². The minimum absolute atomic E-state index is 0.228. The van der Waals surface area contributed by atoms with E-state index in [1.807, 2.05) is 12.3 Å². The lowest BCUT2D eigenvalue weighted by molar-refractivity contribution is 0.174. The van der Waals surface area contributed by atoms with Crippen molar-refractivity contribution in [3.63, 3.8) is 0 Å². The highest BCUT2D eigenvalue weighted by molar-refractivity contribution is 7.09. The maximum Gasteiger partial charge on any atom is 0.231 e. The molecule has 0 radical (unpaired) electrons. The second-order valence-electron chi connectivity index (χ2n) is 6.88. The van der Waals surface area contributed by atoms with Gasteiger partial charge in [0.05, 0.1) is 18.4 Å². The average Bonchev–Trinajstić information content (AvgIpc) is 3.45. The molecule has 7 heteroatoms. The number of nitrogens with zero attached hydrogens (tertiary/aromatic N) is 3. The van der Waals surface area contributed by atoms with Crippen LogP contribution in [0.4, 0.5) is 5.82 Å². The van der Waals surface area contributed by atoms with Crippen molar-refractivity contribution in [1.29, 1.82) is 0 Å². The van der Waals surface area contributed by atoms with E-state index in [4.69, 9.17) is 14.5 Å². The number of aromatic nitrogens is 3. The fourth-order valence-corrected chi connectivity index (χ4v) is 4.19. The molecule has 142 valence electrons. The molecule has 5 rings (SSSR count). The van der Waals surface area contributed by atoms with Gasteiger partial charge in [0.15, 0.2) is 17.1 Å². The fourth-order valence-electron chi connectivity index (χ4n) is 3.55. The predicted molar refractivity (Wildman–Crippen MR) is 109 cm³/mol. The highest BCUT2D eigenvalue weighted by Crippen LogP contribution is 2.35. The van der Waals surface area contributed by atoms with Crippen molar-refractivity contribution >= 4 is 22.8 Å². The Labute approximate surface area is 166 Å². The second-order valence-corrected chi connectivity index (χ2v) is 7.91. The minimum Gasteiger partial charge on any atom is -0.454 e. The summed E-state index contributed by atoms with van der Waals surface area (Å²) in [5, 5.41) is 5.68. The molecule has 0 amide bonds. The third-order valence-corrected chi connectivity index (χ3v) is 5.79. The van der Waals surface area contributed by atoms with Crippen LogP contribution in [0.25, 0.3) is 5.65 Å². The molecule has 0 spiro atoms. The summed E-state index contributed by atoms with van der Waals surface area (Å²) in [5.74, 6) is 2.89. The molecule has 1 atom stereocenters. The van der Waals surface area contributed by atoms with Gasteiger partial charge in [-0.2, -0.15) is 0 Å². The Balaban J connectivity index is 1.44. The van der Waals surface area contributed by atoms with Gasteiger partial charge in [0, 0.05) is 23.2 Å². The first-order valence-electron chi connectivity index (χ1n) is 9.24.